The van der Waals surface area contributed by atoms with Crippen molar-refractivity contribution in [3.05, 3.63) is 64.7 Å². The molecule has 0 saturated carbocycles. The average Bonchev–Trinajstić information content (AvgIpc) is 3.37. The predicted molar refractivity (Wildman–Crippen MR) is 152 cm³/mol. The highest BCUT2D eigenvalue weighted by Crippen LogP contribution is 2.36. The summed E-state index contributed by atoms with van der Waals surface area (Å²) in [7, 11) is -6.40. The molecule has 15 heteroatoms. The van der Waals surface area contributed by atoms with Crippen molar-refractivity contribution in [3.63, 3.8) is 0 Å². The molecule has 2 fully saturated rings. The van der Waals surface area contributed by atoms with Gasteiger partial charge in [0.05, 0.1) is 29.2 Å². The van der Waals surface area contributed by atoms with Crippen molar-refractivity contribution in [1.29, 1.82) is 0 Å². The summed E-state index contributed by atoms with van der Waals surface area (Å²) in [5.74, 6) is -0.245. The topological polar surface area (TPSA) is 167 Å². The molecule has 2 aliphatic rings. The summed E-state index contributed by atoms with van der Waals surface area (Å²) < 4.78 is 79.1. The lowest BCUT2D eigenvalue weighted by Crippen LogP contribution is -2.47. The van der Waals surface area contributed by atoms with Gasteiger partial charge in [-0.15, -0.1) is 0 Å². The highest BCUT2D eigenvalue weighted by molar-refractivity contribution is 7.89. The highest BCUT2D eigenvalue weighted by Gasteiger charge is 2.44. The number of rotatable bonds is 9. The van der Waals surface area contributed by atoms with Crippen molar-refractivity contribution in [2.24, 2.45) is 4.99 Å². The molecule has 0 aliphatic carbocycles. The largest absolute Gasteiger partial charge is 0.491 e. The van der Waals surface area contributed by atoms with E-state index in [1.165, 1.54) is 29.6 Å². The van der Waals surface area contributed by atoms with Gasteiger partial charge in [0.15, 0.2) is 0 Å². The number of pyridine rings is 1. The number of nitrogens with one attached hydrogen (secondary N) is 2. The Kier molecular flexibility index (Phi) is 8.51. The van der Waals surface area contributed by atoms with E-state index in [0.29, 0.717) is 25.0 Å². The zero-order valence-electron chi connectivity index (χ0n) is 22.7. The molecule has 2 aromatic carbocycles. The number of hydrogen-bond acceptors (Lipinski definition) is 9. The number of aliphatic imine (C=N–C) groups is 1. The summed E-state index contributed by atoms with van der Waals surface area (Å²) >= 11 is 0. The van der Waals surface area contributed by atoms with Crippen LogP contribution in [0.3, 0.4) is 0 Å². The average molecular weight is 623 g/mol. The molecule has 5 rings (SSSR count). The van der Waals surface area contributed by atoms with Crippen LogP contribution in [0.2, 0.25) is 0 Å². The summed E-state index contributed by atoms with van der Waals surface area (Å²) in [6.45, 7) is 0.510. The first kappa shape index (κ1) is 30.3. The molecule has 0 unspecified atom stereocenters. The Morgan fingerprint density at radius 3 is 2.69 bits per heavy atom. The van der Waals surface area contributed by atoms with E-state index in [1.54, 1.807) is 12.1 Å². The minimum atomic E-state index is -4.09. The molecule has 3 N–H and O–H groups in total. The predicted octanol–water partition coefficient (Wildman–Crippen LogP) is 1.40. The summed E-state index contributed by atoms with van der Waals surface area (Å²) in [6.07, 6.45) is 1.46. The molecule has 2 saturated heterocycles. The minimum Gasteiger partial charge on any atom is -0.491 e. The standard InChI is InChI=1S/C27H31FN4O8S2/c1-29-41(35,36)22-4-2-3-21(12-22)39-17-20(33)14-30-19-13-27(40-16-19)7-9-32(10-8-27)42(37,38)25-15-31-24-11-18(28)5-6-23(24)26(25)34/h2-6,11-12,15,20,29,33H,7-10,13-14,16-17H2,1H3,(H,31,34)/t20-/m0/s1. The maximum atomic E-state index is 13.5. The van der Waals surface area contributed by atoms with Crippen LogP contribution < -0.4 is 14.9 Å². The lowest BCUT2D eigenvalue weighted by molar-refractivity contribution is -0.0303. The quantitative estimate of drug-likeness (QED) is 0.322. The van der Waals surface area contributed by atoms with Gasteiger partial charge in [-0.3, -0.25) is 9.79 Å². The second-order valence-electron chi connectivity index (χ2n) is 10.3. The minimum absolute atomic E-state index is 0.0465. The van der Waals surface area contributed by atoms with E-state index in [1.807, 2.05) is 0 Å². The third kappa shape index (κ3) is 6.26. The number of benzene rings is 2. The molecule has 0 amide bonds. The number of ether oxygens (including phenoxy) is 2. The number of hydrogen-bond donors (Lipinski definition) is 3. The normalized spacial score (nSPS) is 19.5. The number of aromatic nitrogens is 1. The van der Waals surface area contributed by atoms with Crippen molar-refractivity contribution in [1.82, 2.24) is 14.0 Å². The molecule has 1 atom stereocenters. The lowest BCUT2D eigenvalue weighted by Gasteiger charge is -2.37. The summed E-state index contributed by atoms with van der Waals surface area (Å²) in [5.41, 5.74) is -0.313. The third-order valence-electron chi connectivity index (χ3n) is 7.48. The van der Waals surface area contributed by atoms with Gasteiger partial charge in [0.2, 0.25) is 25.5 Å². The van der Waals surface area contributed by atoms with Crippen molar-refractivity contribution < 1.29 is 35.8 Å². The van der Waals surface area contributed by atoms with Crippen molar-refractivity contribution in [2.45, 2.75) is 40.8 Å². The molecule has 226 valence electrons. The smallest absolute Gasteiger partial charge is 0.248 e. The van der Waals surface area contributed by atoms with Crippen LogP contribution in [-0.4, -0.2) is 88.5 Å². The zero-order chi connectivity index (χ0) is 30.1. The molecular weight excluding hydrogens is 591 g/mol. The van der Waals surface area contributed by atoms with Gasteiger partial charge in [0.1, 0.15) is 29.2 Å². The SMILES string of the molecule is CNS(=O)(=O)c1cccc(OC[C@@H](O)CN=C2COC3(CCN(S(=O)(=O)c4c[nH]c5cc(F)ccc5c4=O)CC3)C2)c1. The Morgan fingerprint density at radius 1 is 1.19 bits per heavy atom. The van der Waals surface area contributed by atoms with Gasteiger partial charge in [-0.25, -0.2) is 25.9 Å². The molecule has 0 radical (unpaired) electrons. The summed E-state index contributed by atoms with van der Waals surface area (Å²) in [4.78, 5) is 19.7. The van der Waals surface area contributed by atoms with Crippen LogP contribution in [0.15, 0.2) is 68.2 Å². The lowest BCUT2D eigenvalue weighted by atomic mass is 9.89. The first-order chi connectivity index (χ1) is 19.9. The van der Waals surface area contributed by atoms with Crippen LogP contribution in [-0.2, 0) is 24.8 Å². The summed E-state index contributed by atoms with van der Waals surface area (Å²) in [5, 5.41) is 10.5. The molecule has 3 aromatic rings. The van der Waals surface area contributed by atoms with Crippen molar-refractivity contribution in [2.75, 3.05) is 39.9 Å². The first-order valence-corrected chi connectivity index (χ1v) is 16.2. The van der Waals surface area contributed by atoms with E-state index in [4.69, 9.17) is 9.47 Å². The number of halogens is 1. The number of piperidine rings is 1. The van der Waals surface area contributed by atoms with E-state index in [0.717, 1.165) is 24.0 Å². The highest BCUT2D eigenvalue weighted by atomic mass is 32.2. The number of fused-ring (bicyclic) bond motifs is 1. The Labute approximate surface area is 242 Å². The number of aliphatic hydroxyl groups is 1. The zero-order valence-corrected chi connectivity index (χ0v) is 24.4. The Hall–Kier alpha value is -3.21. The maximum Gasteiger partial charge on any atom is 0.248 e. The molecular formula is C27H31FN4O8S2. The van der Waals surface area contributed by atoms with E-state index < -0.39 is 47.9 Å². The first-order valence-electron chi connectivity index (χ1n) is 13.2. The van der Waals surface area contributed by atoms with Crippen LogP contribution in [0.4, 0.5) is 4.39 Å². The van der Waals surface area contributed by atoms with Gasteiger partial charge >= 0.3 is 0 Å². The Balaban J connectivity index is 1.15. The second kappa shape index (κ2) is 11.8. The van der Waals surface area contributed by atoms with Crippen LogP contribution in [0.5, 0.6) is 5.75 Å². The molecule has 3 heterocycles. The third-order valence-corrected chi connectivity index (χ3v) is 10.8. The van der Waals surface area contributed by atoms with Gasteiger partial charge in [-0.05, 0) is 50.2 Å². The molecule has 0 bridgehead atoms. The molecule has 2 aliphatic heterocycles. The van der Waals surface area contributed by atoms with E-state index in [-0.39, 0.29) is 48.6 Å². The fourth-order valence-corrected chi connectivity index (χ4v) is 7.36. The van der Waals surface area contributed by atoms with Gasteiger partial charge < -0.3 is 19.6 Å². The fourth-order valence-electron chi connectivity index (χ4n) is 5.10. The Bertz CT molecular complexity index is 1790. The van der Waals surface area contributed by atoms with Crippen molar-refractivity contribution in [3.8, 4) is 5.75 Å². The number of nitrogens with zero attached hydrogens (tertiary/aromatic N) is 2. The number of H-pyrrole nitrogens is 1. The van der Waals surface area contributed by atoms with E-state index >= 15 is 0 Å². The van der Waals surface area contributed by atoms with Crippen LogP contribution in [0, 0.1) is 5.82 Å². The van der Waals surface area contributed by atoms with Crippen LogP contribution in [0.1, 0.15) is 19.3 Å². The molecule has 1 aromatic heterocycles. The number of aromatic amines is 1. The number of sulfonamides is 2. The Morgan fingerprint density at radius 2 is 1.95 bits per heavy atom. The maximum absolute atomic E-state index is 13.5. The van der Waals surface area contributed by atoms with Gasteiger partial charge in [-0.2, -0.15) is 4.31 Å². The molecule has 42 heavy (non-hydrogen) atoms. The fraction of sp³-hybridized carbons (Fsp3) is 0.407. The van der Waals surface area contributed by atoms with Gasteiger partial charge in [-0.1, -0.05) is 6.07 Å². The summed E-state index contributed by atoms with van der Waals surface area (Å²) in [6, 6.07) is 9.44. The van der Waals surface area contributed by atoms with Gasteiger partial charge in [0, 0.05) is 42.9 Å². The monoisotopic (exact) mass is 622 g/mol. The second-order valence-corrected chi connectivity index (χ2v) is 14.1. The molecule has 12 nitrogen and oxygen atoms in total. The van der Waals surface area contributed by atoms with E-state index in [9.17, 15) is 31.1 Å². The van der Waals surface area contributed by atoms with E-state index in [2.05, 4.69) is 14.7 Å². The van der Waals surface area contributed by atoms with Crippen LogP contribution in [0.25, 0.3) is 10.9 Å². The van der Waals surface area contributed by atoms with Gasteiger partial charge in [0.25, 0.3) is 0 Å². The van der Waals surface area contributed by atoms with Crippen molar-refractivity contribution >= 4 is 36.7 Å². The van der Waals surface area contributed by atoms with Crippen LogP contribution >= 0.6 is 0 Å². The number of aliphatic hydroxyl groups excluding tert-OH is 1. The molecule has 1 spiro atoms.